The number of quaternary nitrogens is 1. The highest BCUT2D eigenvalue weighted by molar-refractivity contribution is 7.47. The van der Waals surface area contributed by atoms with E-state index in [0.717, 1.165) is 38.5 Å². The van der Waals surface area contributed by atoms with Crippen molar-refractivity contribution in [1.29, 1.82) is 0 Å². The molecule has 0 aliphatic heterocycles. The molecule has 2 atom stereocenters. The normalized spacial score (nSPS) is 13.6. The van der Waals surface area contributed by atoms with Crippen LogP contribution >= 0.6 is 7.82 Å². The number of rotatable bonds is 58. The molecule has 0 heterocycles. The lowest BCUT2D eigenvalue weighted by molar-refractivity contribution is -0.870. The average molecular weight is 1020 g/mol. The van der Waals surface area contributed by atoms with E-state index in [9.17, 15) is 14.3 Å². The van der Waals surface area contributed by atoms with E-state index < -0.39 is 13.9 Å². The molecule has 0 fully saturated rings. The van der Waals surface area contributed by atoms with Crippen molar-refractivity contribution in [3.8, 4) is 0 Å². The highest BCUT2D eigenvalue weighted by atomic mass is 31.2. The Morgan fingerprint density at radius 1 is 0.437 bits per heavy atom. The highest BCUT2D eigenvalue weighted by Gasteiger charge is 2.26. The fraction of sp³-hybridized carbons (Fsp3) is 0.887. The molecule has 0 saturated carbocycles. The molecular weight excluding hydrogens is 902 g/mol. The Kier molecular flexibility index (Phi) is 54.0. The zero-order valence-electron chi connectivity index (χ0n) is 48.0. The van der Waals surface area contributed by atoms with E-state index in [4.69, 9.17) is 18.5 Å². The van der Waals surface area contributed by atoms with Crippen molar-refractivity contribution in [3.63, 3.8) is 0 Å². The zero-order chi connectivity index (χ0) is 51.9. The predicted octanol–water partition coefficient (Wildman–Crippen LogP) is 19.6. The van der Waals surface area contributed by atoms with Gasteiger partial charge in [0.2, 0.25) is 0 Å². The minimum atomic E-state index is -4.29. The molecule has 2 unspecified atom stereocenters. The van der Waals surface area contributed by atoms with E-state index in [2.05, 4.69) is 50.3 Å². The number of ether oxygens (including phenoxy) is 2. The number of phosphoric acid groups is 1. The largest absolute Gasteiger partial charge is 0.472 e. The molecule has 0 aliphatic carbocycles. The number of hydrogen-bond donors (Lipinski definition) is 1. The molecule has 0 aromatic carbocycles. The first kappa shape index (κ1) is 69.7. The molecular formula is C62H121NO7P+. The second-order valence-electron chi connectivity index (χ2n) is 22.1. The Bertz CT molecular complexity index is 1230. The number of phosphoric ester groups is 1. The Morgan fingerprint density at radius 2 is 0.775 bits per heavy atom. The second kappa shape index (κ2) is 55.0. The number of hydrogen-bond acceptors (Lipinski definition) is 6. The minimum absolute atomic E-state index is 0.0897. The number of nitrogens with zero attached hydrogens (tertiary/aromatic N) is 1. The van der Waals surface area contributed by atoms with Crippen LogP contribution in [0.5, 0.6) is 0 Å². The van der Waals surface area contributed by atoms with Gasteiger partial charge in [0.1, 0.15) is 19.3 Å². The third-order valence-electron chi connectivity index (χ3n) is 13.7. The first-order valence-corrected chi connectivity index (χ1v) is 32.2. The number of esters is 1. The molecule has 9 heteroatoms. The Morgan fingerprint density at radius 3 is 1.15 bits per heavy atom. The van der Waals surface area contributed by atoms with E-state index >= 15 is 0 Å². The quantitative estimate of drug-likeness (QED) is 0.0213. The summed E-state index contributed by atoms with van der Waals surface area (Å²) < 4.78 is 35.3. The summed E-state index contributed by atoms with van der Waals surface area (Å²) in [4.78, 5) is 23.1. The minimum Gasteiger partial charge on any atom is -0.457 e. The Hall–Kier alpha value is -1.28. The van der Waals surface area contributed by atoms with E-state index in [-0.39, 0.29) is 25.8 Å². The van der Waals surface area contributed by atoms with Crippen molar-refractivity contribution < 1.29 is 37.3 Å². The first-order valence-electron chi connectivity index (χ1n) is 30.7. The second-order valence-corrected chi connectivity index (χ2v) is 23.5. The van der Waals surface area contributed by atoms with Gasteiger partial charge in [-0.1, -0.05) is 256 Å². The smallest absolute Gasteiger partial charge is 0.457 e. The molecule has 1 N–H and O–H groups in total. The predicted molar refractivity (Wildman–Crippen MR) is 307 cm³/mol. The number of allylic oxidation sites excluding steroid dienone is 6. The van der Waals surface area contributed by atoms with Gasteiger partial charge in [0.25, 0.3) is 0 Å². The van der Waals surface area contributed by atoms with Crippen LogP contribution < -0.4 is 0 Å². The molecule has 0 radical (unpaired) electrons. The van der Waals surface area contributed by atoms with Crippen LogP contribution in [0, 0.1) is 0 Å². The van der Waals surface area contributed by atoms with Crippen molar-refractivity contribution in [2.24, 2.45) is 0 Å². The van der Waals surface area contributed by atoms with Gasteiger partial charge in [-0.25, -0.2) is 4.57 Å². The summed E-state index contributed by atoms with van der Waals surface area (Å²) in [7, 11) is 1.68. The summed E-state index contributed by atoms with van der Waals surface area (Å²) >= 11 is 0. The standard InChI is InChI=1S/C62H120NO7P/c1-6-8-10-12-14-16-18-20-22-24-26-28-30-32-33-35-37-39-41-43-45-47-49-51-53-55-62(64)70-61(60-69-71(65,66)68-58-56-63(3,4)5)59-67-57-54-52-50-48-46-44-42-40-38-36-34-31-29-27-25-23-21-19-17-15-13-11-9-7-2/h19,21,24-27,61H,6-18,20,22-23,28-60H2,1-5H3/p+1/b21-19-,26-24-,27-25-. The molecule has 420 valence electrons. The molecule has 0 rings (SSSR count). The molecule has 0 amide bonds. The van der Waals surface area contributed by atoms with E-state index in [0.29, 0.717) is 24.1 Å². The number of carbonyl (C=O) groups excluding carboxylic acids is 1. The van der Waals surface area contributed by atoms with Crippen LogP contribution in [0.15, 0.2) is 36.5 Å². The van der Waals surface area contributed by atoms with Gasteiger partial charge in [0, 0.05) is 13.0 Å². The molecule has 0 aliphatic rings. The maximum atomic E-state index is 12.8. The summed E-state index contributed by atoms with van der Waals surface area (Å²) in [5, 5.41) is 0. The summed E-state index contributed by atoms with van der Waals surface area (Å²) in [6.45, 7) is 5.67. The van der Waals surface area contributed by atoms with Crippen molar-refractivity contribution in [1.82, 2.24) is 0 Å². The monoisotopic (exact) mass is 1020 g/mol. The van der Waals surface area contributed by atoms with Crippen LogP contribution in [0.2, 0.25) is 0 Å². The van der Waals surface area contributed by atoms with E-state index in [1.165, 1.54) is 238 Å². The third-order valence-corrected chi connectivity index (χ3v) is 14.7. The molecule has 0 aromatic rings. The fourth-order valence-electron chi connectivity index (χ4n) is 8.93. The lowest BCUT2D eigenvalue weighted by Gasteiger charge is -2.24. The van der Waals surface area contributed by atoms with Crippen LogP contribution in [0.3, 0.4) is 0 Å². The van der Waals surface area contributed by atoms with Crippen LogP contribution in [0.25, 0.3) is 0 Å². The van der Waals surface area contributed by atoms with Gasteiger partial charge >= 0.3 is 13.8 Å². The Balaban J connectivity index is 4.02. The molecule has 0 spiro atoms. The number of unbranched alkanes of at least 4 members (excludes halogenated alkanes) is 38. The van der Waals surface area contributed by atoms with Crippen molar-refractivity contribution in [2.45, 2.75) is 302 Å². The van der Waals surface area contributed by atoms with Gasteiger partial charge < -0.3 is 18.9 Å². The van der Waals surface area contributed by atoms with Gasteiger partial charge in [-0.05, 0) is 70.6 Å². The van der Waals surface area contributed by atoms with E-state index in [1.54, 1.807) is 0 Å². The van der Waals surface area contributed by atoms with Crippen LogP contribution in [0.1, 0.15) is 296 Å². The SMILES string of the molecule is CCCCCCC/C=C\C/C=C\CCCCCCCCCCCCCCOCC(COP(=O)(O)OCC[N+](C)(C)C)OC(=O)CCCCCCCCCCCCCCC/C=C\CCCCCCCCCC. The van der Waals surface area contributed by atoms with Gasteiger partial charge in [0.05, 0.1) is 34.4 Å². The van der Waals surface area contributed by atoms with Crippen molar-refractivity contribution in [3.05, 3.63) is 36.5 Å². The van der Waals surface area contributed by atoms with Gasteiger partial charge in [-0.15, -0.1) is 0 Å². The fourth-order valence-corrected chi connectivity index (χ4v) is 9.68. The summed E-state index contributed by atoms with van der Waals surface area (Å²) in [6.07, 6.45) is 69.3. The topological polar surface area (TPSA) is 91.3 Å². The molecule has 0 bridgehead atoms. The van der Waals surface area contributed by atoms with Gasteiger partial charge in [0.15, 0.2) is 0 Å². The number of likely N-dealkylation sites (N-methyl/N-ethyl adjacent to an activating group) is 1. The maximum Gasteiger partial charge on any atom is 0.472 e. The lowest BCUT2D eigenvalue weighted by Crippen LogP contribution is -2.37. The number of carbonyl (C=O) groups is 1. The summed E-state index contributed by atoms with van der Waals surface area (Å²) in [6, 6.07) is 0. The van der Waals surface area contributed by atoms with Crippen LogP contribution in [-0.2, 0) is 27.9 Å². The molecule has 0 saturated heterocycles. The molecule has 0 aromatic heterocycles. The van der Waals surface area contributed by atoms with Crippen LogP contribution in [-0.4, -0.2) is 75.6 Å². The summed E-state index contributed by atoms with van der Waals surface area (Å²) in [5.41, 5.74) is 0. The third kappa shape index (κ3) is 59.5. The Labute approximate surface area is 442 Å². The van der Waals surface area contributed by atoms with Crippen molar-refractivity contribution >= 4 is 13.8 Å². The maximum absolute atomic E-state index is 12.8. The average Bonchev–Trinajstić information content (AvgIpc) is 3.33. The van der Waals surface area contributed by atoms with Gasteiger partial charge in [-0.2, -0.15) is 0 Å². The first-order chi connectivity index (χ1) is 34.6. The van der Waals surface area contributed by atoms with Crippen LogP contribution in [0.4, 0.5) is 0 Å². The highest BCUT2D eigenvalue weighted by Crippen LogP contribution is 2.43. The van der Waals surface area contributed by atoms with Crippen molar-refractivity contribution in [2.75, 3.05) is 54.1 Å². The lowest BCUT2D eigenvalue weighted by atomic mass is 10.0. The van der Waals surface area contributed by atoms with Gasteiger partial charge in [-0.3, -0.25) is 13.8 Å². The zero-order valence-corrected chi connectivity index (χ0v) is 48.9. The van der Waals surface area contributed by atoms with E-state index in [1.807, 2.05) is 21.1 Å². The summed E-state index contributed by atoms with van der Waals surface area (Å²) in [5.74, 6) is -0.309. The molecule has 8 nitrogen and oxygen atoms in total. The molecule has 71 heavy (non-hydrogen) atoms.